The Balaban J connectivity index is 0. The first kappa shape index (κ1) is 14.6. The summed E-state index contributed by atoms with van der Waals surface area (Å²) < 4.78 is 25.1. The molecule has 0 fully saturated rings. The van der Waals surface area contributed by atoms with Crippen molar-refractivity contribution in [1.29, 1.82) is 0 Å². The predicted molar refractivity (Wildman–Crippen MR) is 50.5 cm³/mol. The van der Waals surface area contributed by atoms with E-state index < -0.39 is 16.0 Å². The van der Waals surface area contributed by atoms with E-state index in [0.29, 0.717) is 0 Å². The number of primary amides is 1. The van der Waals surface area contributed by atoms with E-state index in [1.165, 1.54) is 0 Å². The monoisotopic (exact) mass is 209 g/mol. The van der Waals surface area contributed by atoms with E-state index >= 15 is 0 Å². The summed E-state index contributed by atoms with van der Waals surface area (Å²) in [5.74, 6) is -0.425. The van der Waals surface area contributed by atoms with Crippen molar-refractivity contribution >= 4 is 16.0 Å². The van der Waals surface area contributed by atoms with Crippen LogP contribution < -0.4 is 5.73 Å². The third-order valence-corrected chi connectivity index (χ3v) is 2.15. The third-order valence-electron chi connectivity index (χ3n) is 0.852. The van der Waals surface area contributed by atoms with E-state index in [-0.39, 0.29) is 12.4 Å². The highest BCUT2D eigenvalue weighted by Crippen LogP contribution is 1.89. The van der Waals surface area contributed by atoms with E-state index in [9.17, 15) is 13.2 Å². The summed E-state index contributed by atoms with van der Waals surface area (Å²) in [7, 11) is -3.17. The number of amides is 1. The topological polar surface area (TPSA) is 86.5 Å². The van der Waals surface area contributed by atoms with Crippen molar-refractivity contribution in [3.05, 3.63) is 12.7 Å². The molecular weight excluding hydrogens is 194 g/mol. The van der Waals surface area contributed by atoms with Crippen LogP contribution in [0.3, 0.4) is 0 Å². The van der Waals surface area contributed by atoms with Gasteiger partial charge in [0.15, 0.2) is 0 Å². The molecule has 0 atom stereocenters. The molecule has 0 heterocycles. The summed E-state index contributed by atoms with van der Waals surface area (Å²) in [6.07, 6.45) is 1.06. The molecule has 0 spiro atoms. The molecule has 0 saturated heterocycles. The summed E-state index contributed by atoms with van der Waals surface area (Å²) >= 11 is 0. The maximum atomic E-state index is 10.4. The molecule has 0 aromatic carbocycles. The van der Waals surface area contributed by atoms with Crippen LogP contribution in [0.1, 0.15) is 13.8 Å². The van der Waals surface area contributed by atoms with Gasteiger partial charge in [-0.15, -0.1) is 0 Å². The van der Waals surface area contributed by atoms with Gasteiger partial charge < -0.3 is 5.73 Å². The molecule has 2 N–H and O–H groups in total. The Morgan fingerprint density at radius 3 is 2.00 bits per heavy atom. The zero-order valence-electron chi connectivity index (χ0n) is 7.82. The normalized spacial score (nSPS) is 9.69. The third kappa shape index (κ3) is 14.0. The molecule has 6 heteroatoms. The minimum absolute atomic E-state index is 0.0564. The Labute approximate surface area is 78.7 Å². The Morgan fingerprint density at radius 1 is 1.54 bits per heavy atom. The largest absolute Gasteiger partial charge is 0.366 e. The summed E-state index contributed by atoms with van der Waals surface area (Å²) in [4.78, 5) is 9.47. The van der Waals surface area contributed by atoms with Gasteiger partial charge >= 0.3 is 0 Å². The minimum atomic E-state index is -3.17. The van der Waals surface area contributed by atoms with Crippen molar-refractivity contribution in [2.75, 3.05) is 12.4 Å². The molecule has 0 radical (unpaired) electrons. The molecule has 0 rings (SSSR count). The zero-order chi connectivity index (χ0) is 10.9. The summed E-state index contributed by atoms with van der Waals surface area (Å²) in [6, 6.07) is 0. The lowest BCUT2D eigenvalue weighted by molar-refractivity contribution is -0.113. The first-order valence-corrected chi connectivity index (χ1v) is 5.26. The first-order valence-electron chi connectivity index (χ1n) is 3.68. The maximum absolute atomic E-state index is 10.4. The number of carbonyl (C=O) groups excluding carboxylic acids is 1. The molecule has 0 aliphatic carbocycles. The van der Waals surface area contributed by atoms with Gasteiger partial charge in [-0.3, -0.25) is 8.98 Å². The number of carbonyl (C=O) groups is 1. The van der Waals surface area contributed by atoms with Gasteiger partial charge in [-0.2, -0.15) is 8.42 Å². The number of nitrogens with two attached hydrogens (primary N) is 1. The fourth-order valence-corrected chi connectivity index (χ4v) is 0.789. The van der Waals surface area contributed by atoms with E-state index in [1.807, 2.05) is 0 Å². The van der Waals surface area contributed by atoms with Gasteiger partial charge in [-0.1, -0.05) is 6.58 Å². The van der Waals surface area contributed by atoms with Crippen LogP contribution in [0.25, 0.3) is 0 Å². The van der Waals surface area contributed by atoms with E-state index in [1.54, 1.807) is 13.8 Å². The van der Waals surface area contributed by atoms with Gasteiger partial charge in [-0.05, 0) is 19.9 Å². The highest BCUT2D eigenvalue weighted by atomic mass is 32.2. The molecule has 0 bridgehead atoms. The van der Waals surface area contributed by atoms with Crippen LogP contribution in [0.4, 0.5) is 0 Å². The lowest BCUT2D eigenvalue weighted by Gasteiger charge is -1.95. The van der Waals surface area contributed by atoms with Crippen LogP contribution >= 0.6 is 0 Å². The lowest BCUT2D eigenvalue weighted by Crippen LogP contribution is -2.06. The van der Waals surface area contributed by atoms with Gasteiger partial charge in [0.25, 0.3) is 10.1 Å². The second-order valence-electron chi connectivity index (χ2n) is 1.86. The molecular formula is C7H15NO4S. The van der Waals surface area contributed by atoms with Crippen molar-refractivity contribution in [1.82, 2.24) is 0 Å². The van der Waals surface area contributed by atoms with Crippen LogP contribution in [-0.2, 0) is 19.1 Å². The molecule has 0 aliphatic heterocycles. The molecule has 0 saturated carbocycles. The van der Waals surface area contributed by atoms with E-state index in [2.05, 4.69) is 16.5 Å². The second kappa shape index (κ2) is 7.75. The predicted octanol–water partition coefficient (Wildman–Crippen LogP) is 0.0303. The number of hydrogen-bond donors (Lipinski definition) is 1. The second-order valence-corrected chi connectivity index (χ2v) is 3.79. The average Bonchev–Trinajstić information content (AvgIpc) is 2.05. The van der Waals surface area contributed by atoms with Crippen molar-refractivity contribution in [3.8, 4) is 0 Å². The molecule has 0 aliphatic rings. The minimum Gasteiger partial charge on any atom is -0.366 e. The van der Waals surface area contributed by atoms with Gasteiger partial charge in [0, 0.05) is 0 Å². The Hall–Kier alpha value is -0.880. The van der Waals surface area contributed by atoms with Gasteiger partial charge in [0.1, 0.15) is 0 Å². The SMILES string of the molecule is C=CC(N)=O.CCOS(=O)(=O)CC. The van der Waals surface area contributed by atoms with Crippen molar-refractivity contribution in [3.63, 3.8) is 0 Å². The smallest absolute Gasteiger partial charge is 0.267 e. The highest BCUT2D eigenvalue weighted by molar-refractivity contribution is 7.86. The average molecular weight is 209 g/mol. The lowest BCUT2D eigenvalue weighted by atomic mass is 10.6. The van der Waals surface area contributed by atoms with Crippen molar-refractivity contribution in [2.24, 2.45) is 5.73 Å². The molecule has 0 aromatic rings. The molecule has 5 nitrogen and oxygen atoms in total. The van der Waals surface area contributed by atoms with Gasteiger partial charge in [0.05, 0.1) is 12.4 Å². The van der Waals surface area contributed by atoms with E-state index in [4.69, 9.17) is 0 Å². The van der Waals surface area contributed by atoms with Crippen LogP contribution in [0.2, 0.25) is 0 Å². The Bertz CT molecular complexity index is 245. The van der Waals surface area contributed by atoms with Crippen molar-refractivity contribution < 1.29 is 17.4 Å². The molecule has 13 heavy (non-hydrogen) atoms. The fraction of sp³-hybridized carbons (Fsp3) is 0.571. The quantitative estimate of drug-likeness (QED) is 0.522. The maximum Gasteiger partial charge on any atom is 0.267 e. The van der Waals surface area contributed by atoms with Crippen LogP contribution in [0, 0.1) is 0 Å². The molecule has 78 valence electrons. The summed E-state index contributed by atoms with van der Waals surface area (Å²) in [6.45, 7) is 6.51. The van der Waals surface area contributed by atoms with Crippen LogP contribution in [-0.4, -0.2) is 26.7 Å². The van der Waals surface area contributed by atoms with Gasteiger partial charge in [-0.25, -0.2) is 0 Å². The Kier molecular flexibility index (Phi) is 8.73. The number of hydrogen-bond acceptors (Lipinski definition) is 4. The Morgan fingerprint density at radius 2 is 1.92 bits per heavy atom. The molecule has 0 unspecified atom stereocenters. The van der Waals surface area contributed by atoms with Gasteiger partial charge in [0.2, 0.25) is 5.91 Å². The number of rotatable bonds is 4. The summed E-state index contributed by atoms with van der Waals surface area (Å²) in [5.41, 5.74) is 4.53. The standard InChI is InChI=1S/C4H10O3S.C3H5NO/c1-3-7-8(5,6)4-2;1-2-3(4)5/h3-4H2,1-2H3;2H,1H2,(H2,4,5). The van der Waals surface area contributed by atoms with Crippen molar-refractivity contribution in [2.45, 2.75) is 13.8 Å². The zero-order valence-corrected chi connectivity index (χ0v) is 8.63. The van der Waals surface area contributed by atoms with Crippen LogP contribution in [0.5, 0.6) is 0 Å². The summed E-state index contributed by atoms with van der Waals surface area (Å²) in [5, 5.41) is 0. The molecule has 0 aromatic heterocycles. The highest BCUT2D eigenvalue weighted by Gasteiger charge is 2.02. The van der Waals surface area contributed by atoms with E-state index in [0.717, 1.165) is 6.08 Å². The first-order chi connectivity index (χ1) is 5.89. The van der Waals surface area contributed by atoms with Crippen LogP contribution in [0.15, 0.2) is 12.7 Å². The fourth-order valence-electron chi connectivity index (χ4n) is 0.263. The molecule has 1 amide bonds.